The number of hydrogen-bond donors (Lipinski definition) is 4. The Morgan fingerprint density at radius 2 is 0.889 bits per heavy atom. The van der Waals surface area contributed by atoms with E-state index in [0.717, 1.165) is 14.2 Å². The number of halogens is 6. The minimum atomic E-state index is -4.94. The summed E-state index contributed by atoms with van der Waals surface area (Å²) < 4.78 is 109. The lowest BCUT2D eigenvalue weighted by Gasteiger charge is -2.27. The van der Waals surface area contributed by atoms with Gasteiger partial charge in [0.1, 0.15) is 0 Å². The summed E-state index contributed by atoms with van der Waals surface area (Å²) in [6.07, 6.45) is -14.8. The van der Waals surface area contributed by atoms with Crippen LogP contribution in [0.2, 0.25) is 0 Å². The number of methoxy groups -OCH3 is 2. The molecular weight excluding hydrogens is 550 g/mol. The van der Waals surface area contributed by atoms with Gasteiger partial charge in [-0.2, -0.15) is 26.3 Å². The molecule has 36 heavy (non-hydrogen) atoms. The first-order valence-electron chi connectivity index (χ1n) is 9.83. The van der Waals surface area contributed by atoms with E-state index in [0.29, 0.717) is 0 Å². The highest BCUT2D eigenvalue weighted by Gasteiger charge is 2.50. The molecule has 0 unspecified atom stereocenters. The van der Waals surface area contributed by atoms with Crippen molar-refractivity contribution in [2.75, 3.05) is 14.2 Å². The van der Waals surface area contributed by atoms with Gasteiger partial charge in [0.15, 0.2) is 24.3 Å². The van der Waals surface area contributed by atoms with Crippen LogP contribution in [-0.4, -0.2) is 90.9 Å². The van der Waals surface area contributed by atoms with Gasteiger partial charge in [-0.15, -0.1) is 0 Å². The maximum absolute atomic E-state index is 12.7. The number of esters is 2. The summed E-state index contributed by atoms with van der Waals surface area (Å²) >= 11 is 0. The molecule has 6 atom stereocenters. The van der Waals surface area contributed by atoms with E-state index in [1.807, 2.05) is 0 Å². The average Bonchev–Trinajstić information content (AvgIpc) is 2.70. The predicted octanol–water partition coefficient (Wildman–Crippen LogP) is 1.01. The smallest absolute Gasteiger partial charge is 0.407 e. The quantitative estimate of drug-likeness (QED) is 0.245. The van der Waals surface area contributed by atoms with Crippen LogP contribution in [0.5, 0.6) is 0 Å². The van der Waals surface area contributed by atoms with Crippen LogP contribution in [0.15, 0.2) is 0 Å². The molecule has 0 aliphatic carbocycles. The fraction of sp³-hybridized carbons (Fsp3) is 0.889. The first kappa shape index (κ1) is 36.8. The third-order valence-electron chi connectivity index (χ3n) is 3.80. The van der Waals surface area contributed by atoms with E-state index in [4.69, 9.17) is 0 Å². The van der Waals surface area contributed by atoms with E-state index >= 15 is 0 Å². The maximum atomic E-state index is 12.7. The van der Waals surface area contributed by atoms with E-state index < -0.39 is 80.0 Å². The Kier molecular flexibility index (Phi) is 14.3. The van der Waals surface area contributed by atoms with Crippen molar-refractivity contribution in [3.63, 3.8) is 0 Å². The monoisotopic (exact) mass is 582 g/mol. The summed E-state index contributed by atoms with van der Waals surface area (Å²) in [6.45, 7) is 8.71. The second kappa shape index (κ2) is 14.0. The molecule has 0 aromatic carbocycles. The molecule has 0 aromatic heterocycles. The summed E-state index contributed by atoms with van der Waals surface area (Å²) in [5, 5.41) is 18.5. The zero-order valence-corrected chi connectivity index (χ0v) is 22.4. The van der Waals surface area contributed by atoms with Gasteiger partial charge >= 0.3 is 24.3 Å². The predicted molar refractivity (Wildman–Crippen MR) is 118 cm³/mol. The fourth-order valence-electron chi connectivity index (χ4n) is 1.72. The highest BCUT2D eigenvalue weighted by atomic mass is 32.2. The molecule has 0 aliphatic rings. The molecule has 4 N–H and O–H groups in total. The van der Waals surface area contributed by atoms with Crippen LogP contribution in [-0.2, 0) is 41.0 Å². The zero-order chi connectivity index (χ0) is 29.4. The van der Waals surface area contributed by atoms with E-state index in [1.54, 1.807) is 9.44 Å². The Hall–Kier alpha value is -1.34. The van der Waals surface area contributed by atoms with E-state index in [2.05, 4.69) is 9.47 Å². The Morgan fingerprint density at radius 1 is 0.667 bits per heavy atom. The standard InChI is InChI=1S/2C9H16F3NO4S/c2*1-8(2,3)18(16)13-6(9(10,11)12)5(14)7(15)17-4/h2*5-6,13-14H,1-4H3/t2*5-,6-,18-/m00/s1. The fourth-order valence-corrected chi connectivity index (χ4v) is 3.41. The minimum absolute atomic E-state index is 0.847. The molecule has 0 heterocycles. The molecule has 216 valence electrons. The van der Waals surface area contributed by atoms with Crippen molar-refractivity contribution in [2.24, 2.45) is 0 Å². The van der Waals surface area contributed by atoms with Crippen molar-refractivity contribution in [2.45, 2.75) is 87.7 Å². The lowest BCUT2D eigenvalue weighted by Crippen LogP contribution is -2.56. The lowest BCUT2D eigenvalue weighted by molar-refractivity contribution is -0.187. The number of hydrogen-bond acceptors (Lipinski definition) is 8. The summed E-state index contributed by atoms with van der Waals surface area (Å²) in [7, 11) is -2.49. The van der Waals surface area contributed by atoms with Crippen LogP contribution in [0.3, 0.4) is 0 Å². The Bertz CT molecular complexity index is 718. The molecule has 0 rings (SSSR count). The topological polar surface area (TPSA) is 151 Å². The number of aliphatic hydroxyl groups is 2. The van der Waals surface area contributed by atoms with Gasteiger partial charge < -0.3 is 19.7 Å². The Morgan fingerprint density at radius 3 is 1.03 bits per heavy atom. The highest BCUT2D eigenvalue weighted by molar-refractivity contribution is 7.84. The van der Waals surface area contributed by atoms with E-state index in [1.165, 1.54) is 41.5 Å². The van der Waals surface area contributed by atoms with Crippen LogP contribution in [0.4, 0.5) is 26.3 Å². The third-order valence-corrected chi connectivity index (χ3v) is 6.96. The van der Waals surface area contributed by atoms with E-state index in [9.17, 15) is 54.6 Å². The largest absolute Gasteiger partial charge is 0.467 e. The number of nitrogens with one attached hydrogen (secondary N) is 2. The van der Waals surface area contributed by atoms with Crippen molar-refractivity contribution in [1.29, 1.82) is 0 Å². The first-order chi connectivity index (χ1) is 15.8. The zero-order valence-electron chi connectivity index (χ0n) is 20.7. The average molecular weight is 583 g/mol. The van der Waals surface area contributed by atoms with Crippen molar-refractivity contribution in [3.8, 4) is 0 Å². The number of carbonyl (C=O) groups is 2. The van der Waals surface area contributed by atoms with Crippen LogP contribution < -0.4 is 9.44 Å². The molecule has 0 saturated carbocycles. The van der Waals surface area contributed by atoms with Crippen LogP contribution in [0.1, 0.15) is 41.5 Å². The molecule has 0 aromatic rings. The van der Waals surface area contributed by atoms with Gasteiger partial charge in [-0.05, 0) is 41.5 Å². The van der Waals surface area contributed by atoms with Gasteiger partial charge in [0.25, 0.3) is 0 Å². The van der Waals surface area contributed by atoms with Crippen molar-refractivity contribution >= 4 is 33.9 Å². The summed E-state index contributed by atoms with van der Waals surface area (Å²) in [5.41, 5.74) is 0. The minimum Gasteiger partial charge on any atom is -0.467 e. The Balaban J connectivity index is 0. The van der Waals surface area contributed by atoms with Gasteiger partial charge in [0, 0.05) is 0 Å². The first-order valence-corrected chi connectivity index (χ1v) is 12.1. The van der Waals surface area contributed by atoms with Gasteiger partial charge in [-0.25, -0.2) is 27.5 Å². The lowest BCUT2D eigenvalue weighted by atomic mass is 10.2. The van der Waals surface area contributed by atoms with Crippen molar-refractivity contribution in [1.82, 2.24) is 9.44 Å². The normalized spacial score (nSPS) is 18.0. The van der Waals surface area contributed by atoms with Gasteiger partial charge in [0.05, 0.1) is 45.7 Å². The number of rotatable bonds is 8. The molecule has 0 amide bonds. The molecule has 0 bridgehead atoms. The second-order valence-corrected chi connectivity index (χ2v) is 13.0. The molecule has 10 nitrogen and oxygen atoms in total. The van der Waals surface area contributed by atoms with Crippen molar-refractivity contribution in [3.05, 3.63) is 0 Å². The third kappa shape index (κ3) is 12.8. The van der Waals surface area contributed by atoms with Crippen molar-refractivity contribution < 1.29 is 64.0 Å². The van der Waals surface area contributed by atoms with Crippen LogP contribution in [0.25, 0.3) is 0 Å². The molecular formula is C18H32F6N2O8S2. The second-order valence-electron chi connectivity index (χ2n) is 8.97. The molecule has 0 saturated heterocycles. The van der Waals surface area contributed by atoms with Crippen LogP contribution in [0, 0.1) is 0 Å². The van der Waals surface area contributed by atoms with Gasteiger partial charge in [-0.1, -0.05) is 0 Å². The molecule has 0 aliphatic heterocycles. The summed E-state index contributed by atoms with van der Waals surface area (Å²) in [6, 6.07) is -5.30. The van der Waals surface area contributed by atoms with Crippen LogP contribution >= 0.6 is 0 Å². The molecule has 18 heteroatoms. The Labute approximate surface area is 209 Å². The summed E-state index contributed by atoms with van der Waals surface area (Å²) in [5.74, 6) is -2.90. The molecule has 0 radical (unpaired) electrons. The molecule has 0 spiro atoms. The van der Waals surface area contributed by atoms with E-state index in [-0.39, 0.29) is 0 Å². The maximum Gasteiger partial charge on any atom is 0.407 e. The summed E-state index contributed by atoms with van der Waals surface area (Å²) in [4.78, 5) is 21.8. The number of aliphatic hydroxyl groups excluding tert-OH is 2. The van der Waals surface area contributed by atoms with Gasteiger partial charge in [-0.3, -0.25) is 0 Å². The number of ether oxygens (including phenoxy) is 2. The van der Waals surface area contributed by atoms with Gasteiger partial charge in [0.2, 0.25) is 0 Å². The number of carbonyl (C=O) groups excluding carboxylic acids is 2. The highest BCUT2D eigenvalue weighted by Crippen LogP contribution is 2.26. The number of alkyl halides is 6. The SMILES string of the molecule is COC(=O)[C@@H](O)[C@H](N[S@@](=O)C(C)(C)C)C(F)(F)F.COC(=O)[C@@H](O)[C@H](N[S@@](=O)C(C)(C)C)C(F)(F)F. The molecule has 0 fully saturated rings.